The van der Waals surface area contributed by atoms with Gasteiger partial charge in [-0.2, -0.15) is 4.98 Å². The fourth-order valence-electron chi connectivity index (χ4n) is 3.00. The van der Waals surface area contributed by atoms with Crippen LogP contribution < -0.4 is 0 Å². The Morgan fingerprint density at radius 3 is 2.58 bits per heavy atom. The van der Waals surface area contributed by atoms with Crippen molar-refractivity contribution in [1.82, 2.24) is 15.0 Å². The highest BCUT2D eigenvalue weighted by molar-refractivity contribution is 6.30. The molecule has 8 heteroatoms. The molecule has 3 rings (SSSR count). The molecule has 0 spiro atoms. The summed E-state index contributed by atoms with van der Waals surface area (Å²) in [6.07, 6.45) is 2.57. The fraction of sp³-hybridized carbons (Fsp3) is 0.444. The molecule has 0 bridgehead atoms. The van der Waals surface area contributed by atoms with Crippen LogP contribution in [0.25, 0.3) is 11.4 Å². The van der Waals surface area contributed by atoms with Crippen LogP contribution >= 0.6 is 11.6 Å². The average Bonchev–Trinajstić information content (AvgIpc) is 3.11. The van der Waals surface area contributed by atoms with Crippen LogP contribution in [0.2, 0.25) is 5.02 Å². The molecule has 2 aromatic rings. The molecule has 0 saturated carbocycles. The number of benzene rings is 1. The number of carboxylic acid groups (broad SMARTS) is 1. The second-order valence-corrected chi connectivity index (χ2v) is 6.80. The molecule has 0 aliphatic carbocycles. The Balaban J connectivity index is 1.44. The van der Waals surface area contributed by atoms with Crippen molar-refractivity contribution in [3.63, 3.8) is 0 Å². The second kappa shape index (κ2) is 8.31. The zero-order valence-corrected chi connectivity index (χ0v) is 15.0. The van der Waals surface area contributed by atoms with Crippen LogP contribution in [-0.4, -0.2) is 45.1 Å². The summed E-state index contributed by atoms with van der Waals surface area (Å²) >= 11 is 5.86. The van der Waals surface area contributed by atoms with Crippen LogP contribution in [0.3, 0.4) is 0 Å². The number of nitrogens with zero attached hydrogens (tertiary/aromatic N) is 3. The van der Waals surface area contributed by atoms with Gasteiger partial charge in [0.2, 0.25) is 17.6 Å². The van der Waals surface area contributed by atoms with E-state index >= 15 is 0 Å². The lowest BCUT2D eigenvalue weighted by Crippen LogP contribution is -2.40. The Labute approximate surface area is 155 Å². The van der Waals surface area contributed by atoms with Crippen molar-refractivity contribution in [3.8, 4) is 11.4 Å². The van der Waals surface area contributed by atoms with Gasteiger partial charge in [-0.25, -0.2) is 0 Å². The third kappa shape index (κ3) is 4.60. The summed E-state index contributed by atoms with van der Waals surface area (Å²) in [5.74, 6) is -0.0638. The number of hydrogen-bond acceptors (Lipinski definition) is 5. The van der Waals surface area contributed by atoms with Crippen molar-refractivity contribution in [2.45, 2.75) is 32.1 Å². The van der Waals surface area contributed by atoms with Crippen LogP contribution in [-0.2, 0) is 16.0 Å². The van der Waals surface area contributed by atoms with E-state index in [9.17, 15) is 9.59 Å². The van der Waals surface area contributed by atoms with Gasteiger partial charge < -0.3 is 14.5 Å². The summed E-state index contributed by atoms with van der Waals surface area (Å²) in [6, 6.07) is 7.17. The highest BCUT2D eigenvalue weighted by Gasteiger charge is 2.26. The van der Waals surface area contributed by atoms with Crippen molar-refractivity contribution < 1.29 is 19.2 Å². The molecular formula is C18H20ClN3O4. The summed E-state index contributed by atoms with van der Waals surface area (Å²) in [4.78, 5) is 29.3. The number of aryl methyl sites for hydroxylation is 1. The Hall–Kier alpha value is -2.41. The number of piperidine rings is 1. The van der Waals surface area contributed by atoms with E-state index in [0.29, 0.717) is 61.9 Å². The lowest BCUT2D eigenvalue weighted by molar-refractivity contribution is -0.145. The first-order valence-electron chi connectivity index (χ1n) is 8.62. The lowest BCUT2D eigenvalue weighted by atomic mass is 9.97. The molecule has 0 radical (unpaired) electrons. The number of carbonyl (C=O) groups is 2. The Morgan fingerprint density at radius 2 is 1.92 bits per heavy atom. The minimum atomic E-state index is -0.773. The molecule has 1 aromatic carbocycles. The van der Waals surface area contributed by atoms with E-state index in [1.54, 1.807) is 17.0 Å². The summed E-state index contributed by atoms with van der Waals surface area (Å²) < 4.78 is 5.23. The van der Waals surface area contributed by atoms with Crippen molar-refractivity contribution in [1.29, 1.82) is 0 Å². The average molecular weight is 378 g/mol. The van der Waals surface area contributed by atoms with Gasteiger partial charge in [0, 0.05) is 36.5 Å². The number of halogens is 1. The van der Waals surface area contributed by atoms with E-state index in [4.69, 9.17) is 21.2 Å². The minimum Gasteiger partial charge on any atom is -0.481 e. The predicted molar refractivity (Wildman–Crippen MR) is 94.6 cm³/mol. The van der Waals surface area contributed by atoms with Crippen LogP contribution in [0.4, 0.5) is 0 Å². The smallest absolute Gasteiger partial charge is 0.306 e. The number of carbonyl (C=O) groups excluding carboxylic acids is 1. The van der Waals surface area contributed by atoms with E-state index < -0.39 is 5.97 Å². The molecule has 1 aliphatic heterocycles. The number of amides is 1. The first kappa shape index (κ1) is 18.4. The Bertz CT molecular complexity index is 767. The number of carboxylic acids is 1. The van der Waals surface area contributed by atoms with E-state index in [2.05, 4.69) is 10.1 Å². The van der Waals surface area contributed by atoms with Crippen molar-refractivity contribution in [2.75, 3.05) is 13.1 Å². The molecule has 2 heterocycles. The van der Waals surface area contributed by atoms with Gasteiger partial charge in [-0.3, -0.25) is 9.59 Å². The lowest BCUT2D eigenvalue weighted by Gasteiger charge is -2.30. The molecule has 1 aliphatic rings. The number of likely N-dealkylation sites (tertiary alicyclic amines) is 1. The maximum Gasteiger partial charge on any atom is 0.306 e. The molecule has 1 amide bonds. The summed E-state index contributed by atoms with van der Waals surface area (Å²) in [5, 5.41) is 13.6. The molecule has 0 atom stereocenters. The second-order valence-electron chi connectivity index (χ2n) is 6.37. The molecule has 0 unspecified atom stereocenters. The van der Waals surface area contributed by atoms with E-state index in [0.717, 1.165) is 5.56 Å². The molecular weight excluding hydrogens is 358 g/mol. The third-order valence-corrected chi connectivity index (χ3v) is 4.80. The van der Waals surface area contributed by atoms with Gasteiger partial charge in [0.15, 0.2) is 0 Å². The van der Waals surface area contributed by atoms with E-state index in [1.807, 2.05) is 12.1 Å². The number of aliphatic carboxylic acids is 1. The molecule has 1 saturated heterocycles. The topological polar surface area (TPSA) is 96.5 Å². The first-order chi connectivity index (χ1) is 12.5. The first-order valence-corrected chi connectivity index (χ1v) is 9.00. The number of rotatable bonds is 6. The van der Waals surface area contributed by atoms with Gasteiger partial charge in [-0.05, 0) is 43.5 Å². The van der Waals surface area contributed by atoms with Crippen molar-refractivity contribution in [3.05, 3.63) is 35.2 Å². The zero-order chi connectivity index (χ0) is 18.5. The summed E-state index contributed by atoms with van der Waals surface area (Å²) in [7, 11) is 0. The van der Waals surface area contributed by atoms with Gasteiger partial charge >= 0.3 is 5.97 Å². The van der Waals surface area contributed by atoms with Crippen molar-refractivity contribution in [2.24, 2.45) is 5.92 Å². The summed E-state index contributed by atoms with van der Waals surface area (Å²) in [6.45, 7) is 1.02. The molecule has 1 fully saturated rings. The van der Waals surface area contributed by atoms with Crippen LogP contribution in [0.5, 0.6) is 0 Å². The van der Waals surface area contributed by atoms with E-state index in [-0.39, 0.29) is 11.8 Å². The predicted octanol–water partition coefficient (Wildman–Crippen LogP) is 3.04. The number of aromatic nitrogens is 2. The van der Waals surface area contributed by atoms with Gasteiger partial charge in [-0.1, -0.05) is 16.8 Å². The fourth-order valence-corrected chi connectivity index (χ4v) is 3.12. The molecule has 7 nitrogen and oxygen atoms in total. The standard InChI is InChI=1S/C18H20ClN3O4/c19-14-6-4-12(5-7-14)17-20-15(26-21-17)2-1-3-16(23)22-10-8-13(9-11-22)18(24)25/h4-7,13H,1-3,8-11H2,(H,24,25). The van der Waals surface area contributed by atoms with Gasteiger partial charge in [0.1, 0.15) is 0 Å². The molecule has 26 heavy (non-hydrogen) atoms. The third-order valence-electron chi connectivity index (χ3n) is 4.55. The normalized spacial score (nSPS) is 15.2. The van der Waals surface area contributed by atoms with Gasteiger partial charge in [0.05, 0.1) is 5.92 Å². The Morgan fingerprint density at radius 1 is 1.23 bits per heavy atom. The zero-order valence-electron chi connectivity index (χ0n) is 14.2. The minimum absolute atomic E-state index is 0.0475. The summed E-state index contributed by atoms with van der Waals surface area (Å²) in [5.41, 5.74) is 0.821. The molecule has 1 N–H and O–H groups in total. The van der Waals surface area contributed by atoms with Crippen LogP contribution in [0.1, 0.15) is 31.6 Å². The van der Waals surface area contributed by atoms with Gasteiger partial charge in [0.25, 0.3) is 0 Å². The molecule has 1 aromatic heterocycles. The Kier molecular flexibility index (Phi) is 5.88. The highest BCUT2D eigenvalue weighted by atomic mass is 35.5. The SMILES string of the molecule is O=C(O)C1CCN(C(=O)CCCc2nc(-c3ccc(Cl)cc3)no2)CC1. The maximum atomic E-state index is 12.2. The maximum absolute atomic E-state index is 12.2. The van der Waals surface area contributed by atoms with Crippen molar-refractivity contribution >= 4 is 23.5 Å². The van der Waals surface area contributed by atoms with E-state index in [1.165, 1.54) is 0 Å². The number of hydrogen-bond donors (Lipinski definition) is 1. The monoisotopic (exact) mass is 377 g/mol. The quantitative estimate of drug-likeness (QED) is 0.831. The van der Waals surface area contributed by atoms with Crippen LogP contribution in [0, 0.1) is 5.92 Å². The highest BCUT2D eigenvalue weighted by Crippen LogP contribution is 2.20. The van der Waals surface area contributed by atoms with Crippen LogP contribution in [0.15, 0.2) is 28.8 Å². The van der Waals surface area contributed by atoms with Gasteiger partial charge in [-0.15, -0.1) is 0 Å². The largest absolute Gasteiger partial charge is 0.481 e. The molecule has 138 valence electrons.